The Kier molecular flexibility index (Phi) is 5.69. The molecule has 8 nitrogen and oxygen atoms in total. The van der Waals surface area contributed by atoms with Gasteiger partial charge in [-0.1, -0.05) is 6.92 Å². The zero-order valence-electron chi connectivity index (χ0n) is 12.9. The van der Waals surface area contributed by atoms with Gasteiger partial charge in [-0.3, -0.25) is 19.3 Å². The molecule has 0 saturated heterocycles. The van der Waals surface area contributed by atoms with Crippen LogP contribution in [-0.4, -0.2) is 39.9 Å². The molecule has 0 fully saturated rings. The number of ether oxygens (including phenoxy) is 1. The largest absolute Gasteiger partial charge is 0.455 e. The van der Waals surface area contributed by atoms with E-state index in [9.17, 15) is 14.4 Å². The molecule has 0 aromatic carbocycles. The SMILES string of the molecule is CC[C@@H](C)NC(=O)NC(=O)COC(=O)Cc1cn2ccsc2n1. The minimum atomic E-state index is -0.676. The fourth-order valence-corrected chi connectivity index (χ4v) is 2.45. The highest BCUT2D eigenvalue weighted by Crippen LogP contribution is 2.11. The fourth-order valence-electron chi connectivity index (χ4n) is 1.73. The van der Waals surface area contributed by atoms with Crippen LogP contribution in [0.3, 0.4) is 0 Å². The van der Waals surface area contributed by atoms with E-state index in [0.717, 1.165) is 11.4 Å². The van der Waals surface area contributed by atoms with Crippen LogP contribution in [0.5, 0.6) is 0 Å². The maximum absolute atomic E-state index is 11.7. The predicted molar refractivity (Wildman–Crippen MR) is 84.2 cm³/mol. The lowest BCUT2D eigenvalue weighted by molar-refractivity contribution is -0.147. The number of hydrogen-bond acceptors (Lipinski definition) is 6. The molecule has 9 heteroatoms. The fraction of sp³-hybridized carbons (Fsp3) is 0.429. The standard InChI is InChI=1S/C14H18N4O4S/c1-3-9(2)15-13(21)17-11(19)8-22-12(20)6-10-7-18-4-5-23-14(18)16-10/h4-5,7,9H,3,6,8H2,1-2H3,(H2,15,17,19,21)/t9-/m1/s1. The first-order valence-electron chi connectivity index (χ1n) is 7.15. The summed E-state index contributed by atoms with van der Waals surface area (Å²) in [5.41, 5.74) is 0.566. The number of amides is 3. The molecule has 1 atom stereocenters. The first-order valence-corrected chi connectivity index (χ1v) is 8.03. The topological polar surface area (TPSA) is 102 Å². The zero-order chi connectivity index (χ0) is 16.8. The van der Waals surface area contributed by atoms with Crippen LogP contribution >= 0.6 is 11.3 Å². The molecule has 0 unspecified atom stereocenters. The Balaban J connectivity index is 1.72. The minimum absolute atomic E-state index is 0.0270. The molecule has 124 valence electrons. The molecule has 0 aliphatic carbocycles. The average molecular weight is 338 g/mol. The Morgan fingerprint density at radius 3 is 2.91 bits per heavy atom. The predicted octanol–water partition coefficient (Wildman–Crippen LogP) is 1.11. The third kappa shape index (κ3) is 5.06. The first kappa shape index (κ1) is 16.9. The number of aromatic nitrogens is 2. The van der Waals surface area contributed by atoms with Gasteiger partial charge in [-0.05, 0) is 13.3 Å². The van der Waals surface area contributed by atoms with Crippen molar-refractivity contribution in [2.45, 2.75) is 32.7 Å². The average Bonchev–Trinajstić information content (AvgIpc) is 3.05. The maximum Gasteiger partial charge on any atom is 0.321 e. The van der Waals surface area contributed by atoms with Crippen LogP contribution in [0.2, 0.25) is 0 Å². The number of esters is 1. The van der Waals surface area contributed by atoms with Gasteiger partial charge in [0, 0.05) is 23.8 Å². The van der Waals surface area contributed by atoms with E-state index in [1.807, 2.05) is 25.4 Å². The Bertz CT molecular complexity index is 680. The number of urea groups is 1. The highest BCUT2D eigenvalue weighted by molar-refractivity contribution is 7.15. The van der Waals surface area contributed by atoms with Gasteiger partial charge in [0.2, 0.25) is 0 Å². The van der Waals surface area contributed by atoms with Gasteiger partial charge in [-0.2, -0.15) is 0 Å². The lowest BCUT2D eigenvalue weighted by Gasteiger charge is -2.11. The van der Waals surface area contributed by atoms with E-state index in [0.29, 0.717) is 5.69 Å². The molecule has 2 aromatic rings. The van der Waals surface area contributed by atoms with E-state index in [2.05, 4.69) is 15.6 Å². The van der Waals surface area contributed by atoms with Crippen molar-refractivity contribution in [1.29, 1.82) is 0 Å². The number of thiazole rings is 1. The minimum Gasteiger partial charge on any atom is -0.455 e. The quantitative estimate of drug-likeness (QED) is 0.768. The van der Waals surface area contributed by atoms with Gasteiger partial charge in [0.1, 0.15) is 0 Å². The smallest absolute Gasteiger partial charge is 0.321 e. The van der Waals surface area contributed by atoms with Crippen LogP contribution in [0.1, 0.15) is 26.0 Å². The summed E-state index contributed by atoms with van der Waals surface area (Å²) in [6.07, 6.45) is 4.29. The van der Waals surface area contributed by atoms with E-state index < -0.39 is 24.5 Å². The van der Waals surface area contributed by atoms with Crippen LogP contribution in [0.25, 0.3) is 4.96 Å². The molecule has 0 saturated carbocycles. The molecule has 0 aliphatic rings. The Hall–Kier alpha value is -2.42. The van der Waals surface area contributed by atoms with Gasteiger partial charge >= 0.3 is 12.0 Å². The second-order valence-corrected chi connectivity index (χ2v) is 5.87. The van der Waals surface area contributed by atoms with E-state index in [1.54, 1.807) is 10.6 Å². The second kappa shape index (κ2) is 7.73. The van der Waals surface area contributed by atoms with Crippen molar-refractivity contribution < 1.29 is 19.1 Å². The molecule has 3 amide bonds. The summed E-state index contributed by atoms with van der Waals surface area (Å²) >= 11 is 1.46. The molecule has 2 aromatic heterocycles. The van der Waals surface area contributed by atoms with Crippen molar-refractivity contribution in [3.05, 3.63) is 23.5 Å². The maximum atomic E-state index is 11.7. The van der Waals surface area contributed by atoms with Gasteiger partial charge in [-0.15, -0.1) is 11.3 Å². The Morgan fingerprint density at radius 1 is 1.43 bits per heavy atom. The molecule has 2 N–H and O–H groups in total. The van der Waals surface area contributed by atoms with Crippen molar-refractivity contribution in [3.63, 3.8) is 0 Å². The molecule has 2 heterocycles. The summed E-state index contributed by atoms with van der Waals surface area (Å²) in [7, 11) is 0. The molecule has 0 bridgehead atoms. The molecule has 0 aliphatic heterocycles. The number of carbonyl (C=O) groups excluding carboxylic acids is 3. The van der Waals surface area contributed by atoms with Crippen LogP contribution in [0.4, 0.5) is 4.79 Å². The normalized spacial score (nSPS) is 11.9. The van der Waals surface area contributed by atoms with E-state index in [1.165, 1.54) is 11.3 Å². The van der Waals surface area contributed by atoms with Crippen LogP contribution in [0, 0.1) is 0 Å². The van der Waals surface area contributed by atoms with Gasteiger partial charge in [0.05, 0.1) is 12.1 Å². The number of nitrogens with zero attached hydrogens (tertiary/aromatic N) is 2. The Labute approximate surface area is 136 Å². The monoisotopic (exact) mass is 338 g/mol. The number of rotatable bonds is 6. The van der Waals surface area contributed by atoms with Gasteiger partial charge < -0.3 is 10.1 Å². The van der Waals surface area contributed by atoms with Gasteiger partial charge in [0.25, 0.3) is 5.91 Å². The van der Waals surface area contributed by atoms with Crippen LogP contribution < -0.4 is 10.6 Å². The summed E-state index contributed by atoms with van der Waals surface area (Å²) in [6.45, 7) is 3.23. The van der Waals surface area contributed by atoms with E-state index in [-0.39, 0.29) is 12.5 Å². The third-order valence-corrected chi connectivity index (χ3v) is 3.85. The highest BCUT2D eigenvalue weighted by atomic mass is 32.1. The number of imide groups is 1. The Morgan fingerprint density at radius 2 is 2.22 bits per heavy atom. The third-order valence-electron chi connectivity index (χ3n) is 3.08. The van der Waals surface area contributed by atoms with Gasteiger partial charge in [0.15, 0.2) is 11.6 Å². The summed E-state index contributed by atoms with van der Waals surface area (Å²) in [5, 5.41) is 6.56. The molecular weight excluding hydrogens is 320 g/mol. The van der Waals surface area contributed by atoms with Crippen molar-refractivity contribution in [3.8, 4) is 0 Å². The summed E-state index contributed by atoms with van der Waals surface area (Å²) in [5.74, 6) is -1.25. The lowest BCUT2D eigenvalue weighted by atomic mass is 10.3. The number of hydrogen-bond donors (Lipinski definition) is 2. The number of carbonyl (C=O) groups is 3. The van der Waals surface area contributed by atoms with Crippen molar-refractivity contribution in [2.75, 3.05) is 6.61 Å². The second-order valence-electron chi connectivity index (χ2n) is 4.99. The number of imidazole rings is 1. The number of nitrogens with one attached hydrogen (secondary N) is 2. The van der Waals surface area contributed by atoms with Crippen LogP contribution in [-0.2, 0) is 20.7 Å². The van der Waals surface area contributed by atoms with Crippen molar-refractivity contribution >= 4 is 34.2 Å². The van der Waals surface area contributed by atoms with Crippen molar-refractivity contribution in [1.82, 2.24) is 20.0 Å². The first-order chi connectivity index (χ1) is 11.0. The summed E-state index contributed by atoms with van der Waals surface area (Å²) in [4.78, 5) is 39.7. The molecule has 0 radical (unpaired) electrons. The summed E-state index contributed by atoms with van der Waals surface area (Å²) < 4.78 is 6.64. The van der Waals surface area contributed by atoms with Crippen molar-refractivity contribution in [2.24, 2.45) is 0 Å². The molecule has 23 heavy (non-hydrogen) atoms. The summed E-state index contributed by atoms with van der Waals surface area (Å²) in [6, 6.07) is -0.644. The van der Waals surface area contributed by atoms with E-state index >= 15 is 0 Å². The number of fused-ring (bicyclic) bond motifs is 1. The molecule has 0 spiro atoms. The van der Waals surface area contributed by atoms with E-state index in [4.69, 9.17) is 4.74 Å². The van der Waals surface area contributed by atoms with Gasteiger partial charge in [-0.25, -0.2) is 9.78 Å². The molecule has 2 rings (SSSR count). The van der Waals surface area contributed by atoms with Crippen LogP contribution in [0.15, 0.2) is 17.8 Å². The highest BCUT2D eigenvalue weighted by Gasteiger charge is 2.14. The molecular formula is C14H18N4O4S. The lowest BCUT2D eigenvalue weighted by Crippen LogP contribution is -2.44. The zero-order valence-corrected chi connectivity index (χ0v) is 13.7.